The standard InChI is InChI=1S/C14H14BrCl3N2O4/c15-10-3-1-9(2-4-10)11(21)24-12(14(16,17)18)19-13(22)20-5-7-23-8-6-20/h1-4,12H,5-8H2,(H,19,22). The van der Waals surface area contributed by atoms with E-state index in [-0.39, 0.29) is 5.56 Å². The van der Waals surface area contributed by atoms with Gasteiger partial charge in [0.15, 0.2) is 0 Å². The molecule has 1 aromatic carbocycles. The van der Waals surface area contributed by atoms with Crippen LogP contribution in [0.15, 0.2) is 28.7 Å². The zero-order chi connectivity index (χ0) is 17.7. The highest BCUT2D eigenvalue weighted by atomic mass is 79.9. The van der Waals surface area contributed by atoms with E-state index in [2.05, 4.69) is 21.2 Å². The third kappa shape index (κ3) is 5.67. The van der Waals surface area contributed by atoms with E-state index in [4.69, 9.17) is 44.3 Å². The van der Waals surface area contributed by atoms with Crippen LogP contribution >= 0.6 is 50.7 Å². The summed E-state index contributed by atoms with van der Waals surface area (Å²) in [5, 5.41) is 2.42. The van der Waals surface area contributed by atoms with Crippen molar-refractivity contribution < 1.29 is 19.1 Å². The Morgan fingerprint density at radius 3 is 2.33 bits per heavy atom. The van der Waals surface area contributed by atoms with Crippen LogP contribution < -0.4 is 5.32 Å². The predicted molar refractivity (Wildman–Crippen MR) is 94.6 cm³/mol. The number of nitrogens with one attached hydrogen (secondary N) is 1. The number of nitrogens with zero attached hydrogens (tertiary/aromatic N) is 1. The van der Waals surface area contributed by atoms with E-state index in [0.29, 0.717) is 26.3 Å². The lowest BCUT2D eigenvalue weighted by molar-refractivity contribution is 0.0196. The Hall–Kier alpha value is -0.730. The van der Waals surface area contributed by atoms with Gasteiger partial charge < -0.3 is 14.4 Å². The van der Waals surface area contributed by atoms with Crippen LogP contribution in [0, 0.1) is 0 Å². The zero-order valence-electron chi connectivity index (χ0n) is 12.3. The summed E-state index contributed by atoms with van der Waals surface area (Å²) in [7, 11) is 0. The molecule has 0 saturated carbocycles. The van der Waals surface area contributed by atoms with Gasteiger partial charge in [-0.15, -0.1) is 0 Å². The second-order valence-electron chi connectivity index (χ2n) is 4.88. The number of ether oxygens (including phenoxy) is 2. The molecule has 0 aromatic heterocycles. The van der Waals surface area contributed by atoms with Crippen molar-refractivity contribution in [3.8, 4) is 0 Å². The van der Waals surface area contributed by atoms with E-state index >= 15 is 0 Å². The Morgan fingerprint density at radius 1 is 1.21 bits per heavy atom. The van der Waals surface area contributed by atoms with Gasteiger partial charge in [-0.1, -0.05) is 50.7 Å². The van der Waals surface area contributed by atoms with Crippen LogP contribution in [-0.4, -0.2) is 53.2 Å². The van der Waals surface area contributed by atoms with Crippen LogP contribution in [0.5, 0.6) is 0 Å². The maximum Gasteiger partial charge on any atom is 0.340 e. The number of rotatable bonds is 3. The minimum atomic E-state index is -2.02. The van der Waals surface area contributed by atoms with Gasteiger partial charge in [0.25, 0.3) is 0 Å². The minimum Gasteiger partial charge on any atom is -0.433 e. The molecule has 2 amide bonds. The van der Waals surface area contributed by atoms with E-state index in [0.717, 1.165) is 4.47 Å². The van der Waals surface area contributed by atoms with E-state index < -0.39 is 22.0 Å². The topological polar surface area (TPSA) is 67.9 Å². The first-order chi connectivity index (χ1) is 11.3. The van der Waals surface area contributed by atoms with Gasteiger partial charge in [-0.2, -0.15) is 0 Å². The van der Waals surface area contributed by atoms with Gasteiger partial charge in [0, 0.05) is 17.6 Å². The number of benzene rings is 1. The summed E-state index contributed by atoms with van der Waals surface area (Å²) in [6, 6.07) is 5.94. The molecule has 2 rings (SSSR count). The second-order valence-corrected chi connectivity index (χ2v) is 8.17. The monoisotopic (exact) mass is 458 g/mol. The van der Waals surface area contributed by atoms with Crippen LogP contribution in [0.3, 0.4) is 0 Å². The molecule has 1 heterocycles. The summed E-state index contributed by atoms with van der Waals surface area (Å²) in [6.07, 6.45) is -1.44. The van der Waals surface area contributed by atoms with Gasteiger partial charge in [0.1, 0.15) is 0 Å². The van der Waals surface area contributed by atoms with Gasteiger partial charge in [-0.3, -0.25) is 5.32 Å². The number of hydrogen-bond donors (Lipinski definition) is 1. The van der Waals surface area contributed by atoms with E-state index in [1.165, 1.54) is 4.90 Å². The quantitative estimate of drug-likeness (QED) is 0.427. The third-order valence-corrected chi connectivity index (χ3v) is 4.28. The molecule has 1 N–H and O–H groups in total. The number of alkyl halides is 3. The Morgan fingerprint density at radius 2 is 1.79 bits per heavy atom. The van der Waals surface area contributed by atoms with E-state index in [1.807, 2.05) is 0 Å². The second kappa shape index (κ2) is 8.58. The molecule has 1 atom stereocenters. The molecule has 0 bridgehead atoms. The molecule has 1 aliphatic rings. The molecule has 1 aromatic rings. The number of amides is 2. The summed E-state index contributed by atoms with van der Waals surface area (Å²) in [5.74, 6) is -0.721. The van der Waals surface area contributed by atoms with Gasteiger partial charge in [0.05, 0.1) is 18.8 Å². The molecule has 24 heavy (non-hydrogen) atoms. The van der Waals surface area contributed by atoms with Crippen LogP contribution in [0.2, 0.25) is 0 Å². The largest absolute Gasteiger partial charge is 0.433 e. The molecule has 1 aliphatic heterocycles. The summed E-state index contributed by atoms with van der Waals surface area (Å²) >= 11 is 20.7. The number of esters is 1. The molecule has 132 valence electrons. The Labute approximate surface area is 162 Å². The maximum absolute atomic E-state index is 12.2. The lowest BCUT2D eigenvalue weighted by atomic mass is 10.2. The molecule has 1 fully saturated rings. The van der Waals surface area contributed by atoms with Crippen LogP contribution in [0.1, 0.15) is 10.4 Å². The first-order valence-electron chi connectivity index (χ1n) is 6.94. The highest BCUT2D eigenvalue weighted by molar-refractivity contribution is 9.10. The molecule has 0 aliphatic carbocycles. The molecular formula is C14H14BrCl3N2O4. The first-order valence-corrected chi connectivity index (χ1v) is 8.86. The number of morpholine rings is 1. The average Bonchev–Trinajstić information content (AvgIpc) is 2.54. The fourth-order valence-corrected chi connectivity index (χ4v) is 2.47. The normalized spacial score (nSPS) is 16.4. The average molecular weight is 461 g/mol. The maximum atomic E-state index is 12.2. The fourth-order valence-electron chi connectivity index (χ4n) is 1.91. The predicted octanol–water partition coefficient (Wildman–Crippen LogP) is 3.34. The number of urea groups is 1. The highest BCUT2D eigenvalue weighted by Gasteiger charge is 2.38. The molecule has 1 unspecified atom stereocenters. The third-order valence-electron chi connectivity index (χ3n) is 3.15. The van der Waals surface area contributed by atoms with E-state index in [9.17, 15) is 9.59 Å². The zero-order valence-corrected chi connectivity index (χ0v) is 16.2. The smallest absolute Gasteiger partial charge is 0.340 e. The van der Waals surface area contributed by atoms with Gasteiger partial charge in [-0.25, -0.2) is 9.59 Å². The van der Waals surface area contributed by atoms with Gasteiger partial charge >= 0.3 is 12.0 Å². The minimum absolute atomic E-state index is 0.262. The van der Waals surface area contributed by atoms with E-state index in [1.54, 1.807) is 24.3 Å². The summed E-state index contributed by atoms with van der Waals surface area (Å²) in [4.78, 5) is 25.9. The van der Waals surface area contributed by atoms with Crippen molar-refractivity contribution in [2.75, 3.05) is 26.3 Å². The van der Waals surface area contributed by atoms with Crippen molar-refractivity contribution in [1.29, 1.82) is 0 Å². The summed E-state index contributed by atoms with van der Waals surface area (Å²) in [5.41, 5.74) is 0.262. The Bertz CT molecular complexity index is 589. The van der Waals surface area contributed by atoms with Gasteiger partial charge in [-0.05, 0) is 24.3 Å². The van der Waals surface area contributed by atoms with Gasteiger partial charge in [0.2, 0.25) is 10.0 Å². The lowest BCUT2D eigenvalue weighted by Crippen LogP contribution is -2.54. The Balaban J connectivity index is 2.03. The number of carbonyl (C=O) groups is 2. The number of hydrogen-bond acceptors (Lipinski definition) is 4. The molecule has 10 heteroatoms. The van der Waals surface area contributed by atoms with Crippen LogP contribution in [0.25, 0.3) is 0 Å². The fraction of sp³-hybridized carbons (Fsp3) is 0.429. The molecule has 1 saturated heterocycles. The number of halogens is 4. The lowest BCUT2D eigenvalue weighted by Gasteiger charge is -2.31. The van der Waals surface area contributed by atoms with Crippen molar-refractivity contribution in [2.24, 2.45) is 0 Å². The first kappa shape index (κ1) is 19.6. The number of carbonyl (C=O) groups excluding carboxylic acids is 2. The van der Waals surface area contributed by atoms with Crippen molar-refractivity contribution in [2.45, 2.75) is 10.0 Å². The summed E-state index contributed by atoms with van der Waals surface area (Å²) in [6.45, 7) is 1.65. The molecular weight excluding hydrogens is 446 g/mol. The summed E-state index contributed by atoms with van der Waals surface area (Å²) < 4.78 is 9.11. The Kier molecular flexibility index (Phi) is 7.00. The van der Waals surface area contributed by atoms with Crippen molar-refractivity contribution in [3.05, 3.63) is 34.3 Å². The molecule has 6 nitrogen and oxygen atoms in total. The molecule has 0 spiro atoms. The highest BCUT2D eigenvalue weighted by Crippen LogP contribution is 2.31. The van der Waals surface area contributed by atoms with Crippen molar-refractivity contribution >= 4 is 62.7 Å². The van der Waals surface area contributed by atoms with Crippen molar-refractivity contribution in [1.82, 2.24) is 10.2 Å². The van der Waals surface area contributed by atoms with Crippen LogP contribution in [0.4, 0.5) is 4.79 Å². The van der Waals surface area contributed by atoms with Crippen molar-refractivity contribution in [3.63, 3.8) is 0 Å². The molecule has 0 radical (unpaired) electrons. The van der Waals surface area contributed by atoms with Crippen LogP contribution in [-0.2, 0) is 9.47 Å². The SMILES string of the molecule is O=C(OC(NC(=O)N1CCOCC1)C(Cl)(Cl)Cl)c1ccc(Br)cc1.